The zero-order chi connectivity index (χ0) is 18.6. The molecule has 0 radical (unpaired) electrons. The van der Waals surface area contributed by atoms with Crippen molar-refractivity contribution in [1.29, 1.82) is 0 Å². The number of nitrogens with zero attached hydrogens (tertiary/aromatic N) is 5. The highest BCUT2D eigenvalue weighted by atomic mass is 19.1. The van der Waals surface area contributed by atoms with Gasteiger partial charge in [0, 0.05) is 31.4 Å². The first-order valence-corrected chi connectivity index (χ1v) is 8.82. The molecule has 27 heavy (non-hydrogen) atoms. The maximum atomic E-state index is 13.8. The van der Waals surface area contributed by atoms with Crippen LogP contribution in [0.1, 0.15) is 30.1 Å². The highest BCUT2D eigenvalue weighted by Crippen LogP contribution is 2.27. The fourth-order valence-electron chi connectivity index (χ4n) is 3.25. The standard InChI is InChI=1S/C19H18FN5O2/c20-15-6-2-1-4-13(15)10-17(26)25-9-3-5-14(12-25)18-23-19(27-24-18)16-11-21-7-8-22-16/h1-2,4,6-8,11,14H,3,5,9-10,12H2/t14-/m0/s1. The third-order valence-electron chi connectivity index (χ3n) is 4.66. The minimum absolute atomic E-state index is 0.0162. The predicted octanol–water partition coefficient (Wildman–Crippen LogP) is 2.61. The Morgan fingerprint density at radius 1 is 1.30 bits per heavy atom. The lowest BCUT2D eigenvalue weighted by Gasteiger charge is -2.31. The summed E-state index contributed by atoms with van der Waals surface area (Å²) >= 11 is 0. The molecule has 0 saturated carbocycles. The van der Waals surface area contributed by atoms with Crippen LogP contribution >= 0.6 is 0 Å². The number of hydrogen-bond acceptors (Lipinski definition) is 6. The van der Waals surface area contributed by atoms with E-state index in [-0.39, 0.29) is 24.1 Å². The van der Waals surface area contributed by atoms with Crippen LogP contribution in [-0.2, 0) is 11.2 Å². The molecule has 8 heteroatoms. The van der Waals surface area contributed by atoms with Gasteiger partial charge in [-0.25, -0.2) is 9.37 Å². The van der Waals surface area contributed by atoms with Crippen molar-refractivity contribution in [2.45, 2.75) is 25.2 Å². The molecule has 7 nitrogen and oxygen atoms in total. The summed E-state index contributed by atoms with van der Waals surface area (Å²) in [7, 11) is 0. The van der Waals surface area contributed by atoms with Crippen LogP contribution in [0.15, 0.2) is 47.4 Å². The summed E-state index contributed by atoms with van der Waals surface area (Å²) in [4.78, 5) is 26.9. The molecule has 0 aliphatic carbocycles. The van der Waals surface area contributed by atoms with E-state index >= 15 is 0 Å². The molecule has 1 atom stereocenters. The quantitative estimate of drug-likeness (QED) is 0.705. The monoisotopic (exact) mass is 367 g/mol. The van der Waals surface area contributed by atoms with Crippen LogP contribution in [0.5, 0.6) is 0 Å². The minimum atomic E-state index is -0.355. The van der Waals surface area contributed by atoms with Gasteiger partial charge in [0.05, 0.1) is 12.6 Å². The van der Waals surface area contributed by atoms with Crippen molar-refractivity contribution in [2.24, 2.45) is 0 Å². The van der Waals surface area contributed by atoms with Crippen LogP contribution < -0.4 is 0 Å². The van der Waals surface area contributed by atoms with Gasteiger partial charge in [-0.15, -0.1) is 0 Å². The van der Waals surface area contributed by atoms with Crippen molar-refractivity contribution in [3.63, 3.8) is 0 Å². The SMILES string of the molecule is O=C(Cc1ccccc1F)N1CCC[C@H](c2noc(-c3cnccn3)n2)C1. The average Bonchev–Trinajstić information content (AvgIpc) is 3.21. The Balaban J connectivity index is 1.45. The number of piperidine rings is 1. The average molecular weight is 367 g/mol. The molecule has 3 heterocycles. The van der Waals surface area contributed by atoms with Gasteiger partial charge in [0.2, 0.25) is 5.91 Å². The number of amides is 1. The van der Waals surface area contributed by atoms with Gasteiger partial charge in [-0.1, -0.05) is 23.4 Å². The molecule has 138 valence electrons. The Labute approximate surface area is 155 Å². The second-order valence-electron chi connectivity index (χ2n) is 6.50. The summed E-state index contributed by atoms with van der Waals surface area (Å²) in [5.74, 6) is 0.401. The highest BCUT2D eigenvalue weighted by Gasteiger charge is 2.28. The van der Waals surface area contributed by atoms with Crippen LogP contribution in [0.25, 0.3) is 11.6 Å². The maximum Gasteiger partial charge on any atom is 0.278 e. The molecule has 1 aromatic carbocycles. The topological polar surface area (TPSA) is 85.0 Å². The van der Waals surface area contributed by atoms with E-state index in [1.54, 1.807) is 41.7 Å². The molecule has 0 unspecified atom stereocenters. The number of rotatable bonds is 4. The lowest BCUT2D eigenvalue weighted by atomic mass is 9.96. The van der Waals surface area contributed by atoms with E-state index in [2.05, 4.69) is 20.1 Å². The van der Waals surface area contributed by atoms with Gasteiger partial charge < -0.3 is 9.42 Å². The number of likely N-dealkylation sites (tertiary alicyclic amines) is 1. The summed E-state index contributed by atoms with van der Waals surface area (Å²) in [5, 5.41) is 4.06. The highest BCUT2D eigenvalue weighted by molar-refractivity contribution is 5.79. The van der Waals surface area contributed by atoms with Crippen molar-refractivity contribution in [3.05, 3.63) is 60.1 Å². The van der Waals surface area contributed by atoms with Crippen molar-refractivity contribution in [2.75, 3.05) is 13.1 Å². The number of hydrogen-bond donors (Lipinski definition) is 0. The Kier molecular flexibility index (Phi) is 4.86. The second kappa shape index (κ2) is 7.61. The van der Waals surface area contributed by atoms with E-state index in [4.69, 9.17) is 4.52 Å². The normalized spacial score (nSPS) is 17.1. The summed E-state index contributed by atoms with van der Waals surface area (Å²) in [6, 6.07) is 6.36. The van der Waals surface area contributed by atoms with Gasteiger partial charge in [0.25, 0.3) is 5.89 Å². The van der Waals surface area contributed by atoms with Crippen molar-refractivity contribution in [3.8, 4) is 11.6 Å². The fourth-order valence-corrected chi connectivity index (χ4v) is 3.25. The second-order valence-corrected chi connectivity index (χ2v) is 6.50. The number of carbonyl (C=O) groups is 1. The number of halogens is 1. The molecule has 4 rings (SSSR count). The minimum Gasteiger partial charge on any atom is -0.342 e. The molecular weight excluding hydrogens is 349 g/mol. The first-order valence-electron chi connectivity index (χ1n) is 8.82. The van der Waals surface area contributed by atoms with Crippen LogP contribution in [0.4, 0.5) is 4.39 Å². The lowest BCUT2D eigenvalue weighted by molar-refractivity contribution is -0.131. The molecule has 1 aliphatic rings. The third-order valence-corrected chi connectivity index (χ3v) is 4.66. The Morgan fingerprint density at radius 3 is 3.00 bits per heavy atom. The first kappa shape index (κ1) is 17.3. The zero-order valence-electron chi connectivity index (χ0n) is 14.6. The molecule has 3 aromatic rings. The molecule has 2 aromatic heterocycles. The van der Waals surface area contributed by atoms with E-state index in [1.165, 1.54) is 6.07 Å². The summed E-state index contributed by atoms with van der Waals surface area (Å²) < 4.78 is 19.1. The molecule has 1 saturated heterocycles. The maximum absolute atomic E-state index is 13.8. The molecule has 0 bridgehead atoms. The predicted molar refractivity (Wildman–Crippen MR) is 94.0 cm³/mol. The smallest absolute Gasteiger partial charge is 0.278 e. The zero-order valence-corrected chi connectivity index (χ0v) is 14.6. The Hall–Kier alpha value is -3.16. The van der Waals surface area contributed by atoms with Gasteiger partial charge in [0.15, 0.2) is 5.82 Å². The van der Waals surface area contributed by atoms with Crippen LogP contribution in [0.3, 0.4) is 0 Å². The van der Waals surface area contributed by atoms with Gasteiger partial charge in [-0.2, -0.15) is 4.98 Å². The summed E-state index contributed by atoms with van der Waals surface area (Å²) in [5.41, 5.74) is 0.925. The van der Waals surface area contributed by atoms with E-state index in [1.807, 2.05) is 0 Å². The van der Waals surface area contributed by atoms with Gasteiger partial charge in [0.1, 0.15) is 11.5 Å². The molecule has 1 aliphatic heterocycles. The van der Waals surface area contributed by atoms with Crippen LogP contribution in [0.2, 0.25) is 0 Å². The van der Waals surface area contributed by atoms with Gasteiger partial charge >= 0.3 is 0 Å². The van der Waals surface area contributed by atoms with Crippen molar-refractivity contribution in [1.82, 2.24) is 25.0 Å². The summed E-state index contributed by atoms with van der Waals surface area (Å²) in [6.07, 6.45) is 6.44. The third kappa shape index (κ3) is 3.84. The molecule has 1 fully saturated rings. The van der Waals surface area contributed by atoms with Gasteiger partial charge in [-0.3, -0.25) is 9.78 Å². The molecule has 0 N–H and O–H groups in total. The van der Waals surface area contributed by atoms with E-state index in [9.17, 15) is 9.18 Å². The molecule has 1 amide bonds. The van der Waals surface area contributed by atoms with Crippen molar-refractivity contribution < 1.29 is 13.7 Å². The van der Waals surface area contributed by atoms with E-state index in [0.29, 0.717) is 36.1 Å². The number of carbonyl (C=O) groups excluding carboxylic acids is 1. The number of benzene rings is 1. The number of aromatic nitrogens is 4. The lowest BCUT2D eigenvalue weighted by Crippen LogP contribution is -2.40. The van der Waals surface area contributed by atoms with Crippen LogP contribution in [-0.4, -0.2) is 44.0 Å². The van der Waals surface area contributed by atoms with E-state index in [0.717, 1.165) is 12.8 Å². The first-order chi connectivity index (χ1) is 13.2. The summed E-state index contributed by atoms with van der Waals surface area (Å²) in [6.45, 7) is 1.14. The fraction of sp³-hybridized carbons (Fsp3) is 0.316. The molecule has 0 spiro atoms. The van der Waals surface area contributed by atoms with E-state index < -0.39 is 0 Å². The Bertz CT molecular complexity index is 931. The Morgan fingerprint density at radius 2 is 2.19 bits per heavy atom. The van der Waals surface area contributed by atoms with Crippen molar-refractivity contribution >= 4 is 5.91 Å². The van der Waals surface area contributed by atoms with Crippen LogP contribution in [0, 0.1) is 5.82 Å². The largest absolute Gasteiger partial charge is 0.342 e. The van der Waals surface area contributed by atoms with Gasteiger partial charge in [-0.05, 0) is 24.5 Å². The molecular formula is C19H18FN5O2.